The highest BCUT2D eigenvalue weighted by Crippen LogP contribution is 2.32. The molecule has 0 aromatic heterocycles. The number of carbonyl (C=O) groups is 2. The average molecular weight is 445 g/mol. The second kappa shape index (κ2) is 9.28. The van der Waals surface area contributed by atoms with E-state index in [1.165, 1.54) is 17.0 Å². The predicted octanol–water partition coefficient (Wildman–Crippen LogP) is 4.89. The maximum absolute atomic E-state index is 13.4. The molecule has 1 aliphatic heterocycles. The minimum atomic E-state index is -0.391. The molecule has 0 unspecified atom stereocenters. The summed E-state index contributed by atoms with van der Waals surface area (Å²) >= 11 is 0. The van der Waals surface area contributed by atoms with Gasteiger partial charge in [0, 0.05) is 18.3 Å². The molecule has 5 nitrogen and oxygen atoms in total. The van der Waals surface area contributed by atoms with Crippen molar-refractivity contribution in [1.29, 1.82) is 0 Å². The lowest BCUT2D eigenvalue weighted by Crippen LogP contribution is -2.34. The Morgan fingerprint density at radius 3 is 2.36 bits per heavy atom. The number of methoxy groups -OCH3 is 1. The van der Waals surface area contributed by atoms with Crippen LogP contribution < -0.4 is 10.1 Å². The Hall–Kier alpha value is -3.93. The van der Waals surface area contributed by atoms with E-state index < -0.39 is 5.91 Å². The summed E-state index contributed by atoms with van der Waals surface area (Å²) in [6, 6.07) is 19.0. The van der Waals surface area contributed by atoms with Gasteiger partial charge in [-0.1, -0.05) is 36.4 Å². The quantitative estimate of drug-likeness (QED) is 0.528. The van der Waals surface area contributed by atoms with Crippen LogP contribution in [0.5, 0.6) is 5.75 Å². The van der Waals surface area contributed by atoms with Crippen LogP contribution in [0.25, 0.3) is 5.57 Å². The summed E-state index contributed by atoms with van der Waals surface area (Å²) in [5, 5.41) is 3.15. The molecule has 1 aliphatic rings. The Bertz CT molecular complexity index is 1250. The van der Waals surface area contributed by atoms with E-state index in [4.69, 9.17) is 4.74 Å². The monoisotopic (exact) mass is 444 g/mol. The maximum Gasteiger partial charge on any atom is 0.278 e. The van der Waals surface area contributed by atoms with Crippen molar-refractivity contribution in [2.75, 3.05) is 19.0 Å². The molecule has 0 aliphatic carbocycles. The third-order valence-corrected chi connectivity index (χ3v) is 5.84. The second-order valence-corrected chi connectivity index (χ2v) is 8.04. The molecule has 0 fully saturated rings. The van der Waals surface area contributed by atoms with Crippen molar-refractivity contribution in [1.82, 2.24) is 4.90 Å². The molecule has 0 saturated carbocycles. The van der Waals surface area contributed by atoms with Crippen LogP contribution in [0.1, 0.15) is 22.3 Å². The molecule has 168 valence electrons. The number of rotatable bonds is 7. The van der Waals surface area contributed by atoms with Crippen LogP contribution in [0.3, 0.4) is 0 Å². The molecule has 0 bridgehead atoms. The van der Waals surface area contributed by atoms with E-state index in [9.17, 15) is 14.0 Å². The first-order valence-electron chi connectivity index (χ1n) is 10.7. The average Bonchev–Trinajstić information content (AvgIpc) is 3.04. The van der Waals surface area contributed by atoms with E-state index in [1.54, 1.807) is 31.4 Å². The summed E-state index contributed by atoms with van der Waals surface area (Å²) in [6.45, 7) is 4.17. The fraction of sp³-hybridized carbons (Fsp3) is 0.185. The van der Waals surface area contributed by atoms with Gasteiger partial charge in [-0.05, 0) is 66.8 Å². The molecule has 4 rings (SSSR count). The van der Waals surface area contributed by atoms with Crippen LogP contribution in [0.4, 0.5) is 10.1 Å². The number of imide groups is 1. The standard InChI is InChI=1S/C27H25FN2O3/c1-17-7-10-20(15-18(17)2)24-25(29-22-5-4-6-23(16-22)33-3)27(32)30(26(24)31)14-13-19-8-11-21(28)12-9-19/h4-12,15-16,29H,13-14H2,1-3H3. The van der Waals surface area contributed by atoms with Crippen LogP contribution in [0.15, 0.2) is 72.4 Å². The Labute approximate surface area is 192 Å². The third-order valence-electron chi connectivity index (χ3n) is 5.84. The number of ether oxygens (including phenoxy) is 1. The van der Waals surface area contributed by atoms with Crippen LogP contribution >= 0.6 is 0 Å². The molecular formula is C27H25FN2O3. The van der Waals surface area contributed by atoms with E-state index in [-0.39, 0.29) is 24.0 Å². The van der Waals surface area contributed by atoms with Crippen molar-refractivity contribution in [3.63, 3.8) is 0 Å². The lowest BCUT2D eigenvalue weighted by Gasteiger charge is -2.15. The van der Waals surface area contributed by atoms with Gasteiger partial charge >= 0.3 is 0 Å². The Kier molecular flexibility index (Phi) is 6.27. The molecule has 1 heterocycles. The highest BCUT2D eigenvalue weighted by molar-refractivity contribution is 6.36. The molecular weight excluding hydrogens is 419 g/mol. The number of aryl methyl sites for hydroxylation is 2. The molecule has 3 aromatic rings. The summed E-state index contributed by atoms with van der Waals surface area (Å²) in [7, 11) is 1.57. The van der Waals surface area contributed by atoms with Crippen molar-refractivity contribution in [3.05, 3.63) is 100 Å². The summed E-state index contributed by atoms with van der Waals surface area (Å²) in [6.07, 6.45) is 0.435. The van der Waals surface area contributed by atoms with Gasteiger partial charge in [-0.25, -0.2) is 4.39 Å². The summed E-state index contributed by atoms with van der Waals surface area (Å²) in [5.41, 5.74) is 4.88. The van der Waals surface area contributed by atoms with Gasteiger partial charge < -0.3 is 10.1 Å². The molecule has 2 amide bonds. The molecule has 3 aromatic carbocycles. The fourth-order valence-corrected chi connectivity index (χ4v) is 3.80. The molecule has 0 saturated heterocycles. The normalized spacial score (nSPS) is 13.6. The Morgan fingerprint density at radius 2 is 1.67 bits per heavy atom. The molecule has 0 radical (unpaired) electrons. The van der Waals surface area contributed by atoms with Gasteiger partial charge in [0.15, 0.2) is 0 Å². The molecule has 0 atom stereocenters. The van der Waals surface area contributed by atoms with Crippen molar-refractivity contribution < 1.29 is 18.7 Å². The lowest BCUT2D eigenvalue weighted by atomic mass is 9.99. The minimum absolute atomic E-state index is 0.195. The number of amides is 2. The largest absolute Gasteiger partial charge is 0.497 e. The first-order chi connectivity index (χ1) is 15.9. The molecule has 0 spiro atoms. The summed E-state index contributed by atoms with van der Waals surface area (Å²) in [4.78, 5) is 28.1. The lowest BCUT2D eigenvalue weighted by molar-refractivity contribution is -0.136. The van der Waals surface area contributed by atoms with E-state index >= 15 is 0 Å². The van der Waals surface area contributed by atoms with Gasteiger partial charge in [0.05, 0.1) is 12.7 Å². The third kappa shape index (κ3) is 4.65. The summed E-state index contributed by atoms with van der Waals surface area (Å²) in [5.74, 6) is -0.428. The van der Waals surface area contributed by atoms with Crippen molar-refractivity contribution in [2.45, 2.75) is 20.3 Å². The van der Waals surface area contributed by atoms with Gasteiger partial charge in [0.25, 0.3) is 11.8 Å². The zero-order chi connectivity index (χ0) is 23.5. The van der Waals surface area contributed by atoms with Gasteiger partial charge in [0.1, 0.15) is 17.3 Å². The van der Waals surface area contributed by atoms with Crippen molar-refractivity contribution in [3.8, 4) is 5.75 Å². The minimum Gasteiger partial charge on any atom is -0.497 e. The smallest absolute Gasteiger partial charge is 0.278 e. The summed E-state index contributed by atoms with van der Waals surface area (Å²) < 4.78 is 18.5. The molecule has 33 heavy (non-hydrogen) atoms. The van der Waals surface area contributed by atoms with Crippen LogP contribution in [0, 0.1) is 19.7 Å². The van der Waals surface area contributed by atoms with Gasteiger partial charge in [-0.2, -0.15) is 0 Å². The van der Waals surface area contributed by atoms with Gasteiger partial charge in [-0.15, -0.1) is 0 Å². The SMILES string of the molecule is COc1cccc(NC2=C(c3ccc(C)c(C)c3)C(=O)N(CCc3ccc(F)cc3)C2=O)c1. The number of anilines is 1. The van der Waals surface area contributed by atoms with E-state index in [1.807, 2.05) is 44.2 Å². The van der Waals surface area contributed by atoms with E-state index in [0.717, 1.165) is 16.7 Å². The van der Waals surface area contributed by atoms with Crippen LogP contribution in [-0.2, 0) is 16.0 Å². The van der Waals surface area contributed by atoms with Gasteiger partial charge in [-0.3, -0.25) is 14.5 Å². The zero-order valence-corrected chi connectivity index (χ0v) is 18.8. The number of nitrogens with zero attached hydrogens (tertiary/aromatic N) is 1. The maximum atomic E-state index is 13.4. The van der Waals surface area contributed by atoms with Crippen molar-refractivity contribution in [2.24, 2.45) is 0 Å². The first kappa shape index (κ1) is 22.3. The zero-order valence-electron chi connectivity index (χ0n) is 18.8. The first-order valence-corrected chi connectivity index (χ1v) is 10.7. The Balaban J connectivity index is 1.68. The number of hydrogen-bond acceptors (Lipinski definition) is 4. The number of benzene rings is 3. The van der Waals surface area contributed by atoms with Crippen molar-refractivity contribution >= 4 is 23.1 Å². The number of hydrogen-bond donors (Lipinski definition) is 1. The predicted molar refractivity (Wildman–Crippen MR) is 126 cm³/mol. The Morgan fingerprint density at radius 1 is 0.909 bits per heavy atom. The van der Waals surface area contributed by atoms with E-state index in [0.29, 0.717) is 29.0 Å². The number of carbonyl (C=O) groups excluding carboxylic acids is 2. The van der Waals surface area contributed by atoms with Gasteiger partial charge in [0.2, 0.25) is 0 Å². The number of nitrogens with one attached hydrogen (secondary N) is 1. The van der Waals surface area contributed by atoms with Crippen LogP contribution in [0.2, 0.25) is 0 Å². The topological polar surface area (TPSA) is 58.6 Å². The second-order valence-electron chi connectivity index (χ2n) is 8.04. The molecule has 6 heteroatoms. The highest BCUT2D eigenvalue weighted by Gasteiger charge is 2.39. The molecule has 1 N–H and O–H groups in total. The van der Waals surface area contributed by atoms with Crippen LogP contribution in [-0.4, -0.2) is 30.4 Å². The van der Waals surface area contributed by atoms with E-state index in [2.05, 4.69) is 5.32 Å². The fourth-order valence-electron chi connectivity index (χ4n) is 3.80. The highest BCUT2D eigenvalue weighted by atomic mass is 19.1. The number of halogens is 1.